The number of fused-ring (bicyclic) bond motifs is 1. The molecule has 1 aromatic rings. The average molecular weight is 136 g/mol. The second-order valence-corrected chi connectivity index (χ2v) is 2.54. The van der Waals surface area contributed by atoms with Crippen LogP contribution in [0.1, 0.15) is 16.7 Å². The number of aromatic hydroxyl groups is 1. The van der Waals surface area contributed by atoms with Gasteiger partial charge in [0, 0.05) is 5.56 Å². The van der Waals surface area contributed by atoms with Crippen molar-refractivity contribution in [3.05, 3.63) is 28.8 Å². The van der Waals surface area contributed by atoms with E-state index in [2.05, 4.69) is 0 Å². The second-order valence-electron chi connectivity index (χ2n) is 2.54. The minimum atomic E-state index is -0.0466. The van der Waals surface area contributed by atoms with Gasteiger partial charge >= 0.3 is 0 Å². The van der Waals surface area contributed by atoms with Crippen molar-refractivity contribution in [1.82, 2.24) is 0 Å². The van der Waals surface area contributed by atoms with Gasteiger partial charge in [-0.05, 0) is 23.6 Å². The van der Waals surface area contributed by atoms with Crippen molar-refractivity contribution in [3.8, 4) is 5.75 Å². The van der Waals surface area contributed by atoms with Gasteiger partial charge in [-0.3, -0.25) is 0 Å². The van der Waals surface area contributed by atoms with Crippen LogP contribution >= 0.6 is 0 Å². The first-order valence-electron chi connectivity index (χ1n) is 3.26. The van der Waals surface area contributed by atoms with Gasteiger partial charge in [-0.2, -0.15) is 0 Å². The van der Waals surface area contributed by atoms with Crippen LogP contribution in [0, 0.1) is 0 Å². The van der Waals surface area contributed by atoms with E-state index < -0.39 is 0 Å². The van der Waals surface area contributed by atoms with E-state index in [9.17, 15) is 0 Å². The lowest BCUT2D eigenvalue weighted by Crippen LogP contribution is -1.82. The molecule has 0 spiro atoms. The first kappa shape index (κ1) is 5.74. The molecular weight excluding hydrogens is 128 g/mol. The summed E-state index contributed by atoms with van der Waals surface area (Å²) in [5, 5.41) is 17.9. The van der Waals surface area contributed by atoms with Crippen LogP contribution in [0.5, 0.6) is 5.75 Å². The lowest BCUT2D eigenvalue weighted by molar-refractivity contribution is 0.275. The van der Waals surface area contributed by atoms with Crippen molar-refractivity contribution in [2.75, 3.05) is 0 Å². The maximum atomic E-state index is 9.16. The molecule has 0 bridgehead atoms. The van der Waals surface area contributed by atoms with Gasteiger partial charge in [-0.15, -0.1) is 0 Å². The molecule has 0 saturated carbocycles. The largest absolute Gasteiger partial charge is 0.508 e. The van der Waals surface area contributed by atoms with E-state index in [0.717, 1.165) is 12.0 Å². The molecule has 10 heavy (non-hydrogen) atoms. The monoisotopic (exact) mass is 136 g/mol. The van der Waals surface area contributed by atoms with Crippen molar-refractivity contribution in [2.45, 2.75) is 13.0 Å². The minimum absolute atomic E-state index is 0.0466. The molecule has 0 amide bonds. The van der Waals surface area contributed by atoms with E-state index in [1.54, 1.807) is 6.07 Å². The molecule has 0 unspecified atom stereocenters. The Labute approximate surface area is 58.7 Å². The van der Waals surface area contributed by atoms with Gasteiger partial charge in [-0.1, -0.05) is 6.07 Å². The Morgan fingerprint density at radius 2 is 2.20 bits per heavy atom. The number of rotatable bonds is 1. The van der Waals surface area contributed by atoms with Crippen LogP contribution < -0.4 is 0 Å². The van der Waals surface area contributed by atoms with Gasteiger partial charge in [0.2, 0.25) is 0 Å². The predicted molar refractivity (Wildman–Crippen MR) is 36.8 cm³/mol. The lowest BCUT2D eigenvalue weighted by Gasteiger charge is -1.96. The lowest BCUT2D eigenvalue weighted by atomic mass is 10.2. The third-order valence-electron chi connectivity index (χ3n) is 1.90. The maximum absolute atomic E-state index is 9.16. The smallest absolute Gasteiger partial charge is 0.121 e. The van der Waals surface area contributed by atoms with Crippen molar-refractivity contribution < 1.29 is 10.2 Å². The van der Waals surface area contributed by atoms with E-state index >= 15 is 0 Å². The molecule has 2 rings (SSSR count). The van der Waals surface area contributed by atoms with Crippen LogP contribution in [-0.4, -0.2) is 10.2 Å². The highest BCUT2D eigenvalue weighted by Gasteiger charge is 2.22. The molecule has 0 radical (unpaired) electrons. The Bertz CT molecular complexity index is 275. The fraction of sp³-hybridized carbons (Fsp3) is 0.250. The Morgan fingerprint density at radius 3 is 2.80 bits per heavy atom. The summed E-state index contributed by atoms with van der Waals surface area (Å²) in [5.41, 5.74) is 3.09. The van der Waals surface area contributed by atoms with Gasteiger partial charge in [0.05, 0.1) is 6.61 Å². The number of hydrogen-bond donors (Lipinski definition) is 2. The highest BCUT2D eigenvalue weighted by atomic mass is 16.3. The van der Waals surface area contributed by atoms with Gasteiger partial charge in [0.1, 0.15) is 5.75 Å². The van der Waals surface area contributed by atoms with Crippen LogP contribution in [0.2, 0.25) is 0 Å². The Kier molecular flexibility index (Phi) is 0.995. The molecule has 0 fully saturated rings. The number of hydrogen-bond acceptors (Lipinski definition) is 2. The Morgan fingerprint density at radius 1 is 1.40 bits per heavy atom. The van der Waals surface area contributed by atoms with Gasteiger partial charge < -0.3 is 10.2 Å². The molecule has 0 aliphatic heterocycles. The van der Waals surface area contributed by atoms with Crippen LogP contribution in [0.3, 0.4) is 0 Å². The first-order chi connectivity index (χ1) is 4.83. The fourth-order valence-corrected chi connectivity index (χ4v) is 1.22. The van der Waals surface area contributed by atoms with E-state index in [1.807, 2.05) is 6.07 Å². The highest BCUT2D eigenvalue weighted by Crippen LogP contribution is 2.36. The van der Waals surface area contributed by atoms with E-state index in [-0.39, 0.29) is 12.4 Å². The van der Waals surface area contributed by atoms with Crippen LogP contribution in [0.25, 0.3) is 0 Å². The topological polar surface area (TPSA) is 40.5 Å². The summed E-state index contributed by atoms with van der Waals surface area (Å²) in [6.07, 6.45) is 0.941. The van der Waals surface area contributed by atoms with Crippen molar-refractivity contribution in [1.29, 1.82) is 0 Å². The molecule has 0 atom stereocenters. The second kappa shape index (κ2) is 1.73. The van der Waals surface area contributed by atoms with E-state index in [4.69, 9.17) is 10.2 Å². The third-order valence-corrected chi connectivity index (χ3v) is 1.90. The van der Waals surface area contributed by atoms with Crippen LogP contribution in [0.15, 0.2) is 12.1 Å². The molecule has 2 nitrogen and oxygen atoms in total. The zero-order valence-corrected chi connectivity index (χ0v) is 5.46. The molecule has 0 heterocycles. The number of phenols is 1. The molecular formula is C8H8O2. The number of benzene rings is 1. The Balaban J connectivity index is 2.57. The van der Waals surface area contributed by atoms with Crippen molar-refractivity contribution in [2.24, 2.45) is 0 Å². The predicted octanol–water partition coefficient (Wildman–Crippen LogP) is 0.789. The van der Waals surface area contributed by atoms with E-state index in [1.165, 1.54) is 5.56 Å². The standard InChI is InChI=1S/C8H8O2/c9-4-7-6-3-5(6)1-2-8(7)10/h1-2,9-10H,3-4H2. The maximum Gasteiger partial charge on any atom is 0.121 e. The summed E-state index contributed by atoms with van der Waals surface area (Å²) in [6.45, 7) is -0.0466. The fourth-order valence-electron chi connectivity index (χ4n) is 1.22. The van der Waals surface area contributed by atoms with Crippen LogP contribution in [0.4, 0.5) is 0 Å². The summed E-state index contributed by atoms with van der Waals surface area (Å²) < 4.78 is 0. The van der Waals surface area contributed by atoms with E-state index in [0.29, 0.717) is 5.56 Å². The van der Waals surface area contributed by atoms with Gasteiger partial charge in [0.15, 0.2) is 0 Å². The van der Waals surface area contributed by atoms with Crippen LogP contribution in [-0.2, 0) is 13.0 Å². The Hall–Kier alpha value is -1.02. The summed E-state index contributed by atoms with van der Waals surface area (Å²) in [7, 11) is 0. The number of aliphatic hydroxyl groups is 1. The van der Waals surface area contributed by atoms with Crippen molar-refractivity contribution >= 4 is 0 Å². The molecule has 0 aromatic heterocycles. The molecule has 1 aliphatic carbocycles. The summed E-state index contributed by atoms with van der Waals surface area (Å²) in [6, 6.07) is 3.53. The summed E-state index contributed by atoms with van der Waals surface area (Å²) >= 11 is 0. The molecule has 1 aliphatic rings. The molecule has 1 aromatic carbocycles. The van der Waals surface area contributed by atoms with Gasteiger partial charge in [-0.25, -0.2) is 0 Å². The SMILES string of the molecule is OCc1c(O)ccc2c1C2. The normalized spacial score (nSPS) is 12.9. The summed E-state index contributed by atoms with van der Waals surface area (Å²) in [4.78, 5) is 0. The van der Waals surface area contributed by atoms with Gasteiger partial charge in [0.25, 0.3) is 0 Å². The number of aliphatic hydroxyl groups excluding tert-OH is 1. The first-order valence-corrected chi connectivity index (χ1v) is 3.26. The molecule has 0 saturated heterocycles. The molecule has 52 valence electrons. The van der Waals surface area contributed by atoms with Crippen molar-refractivity contribution in [3.63, 3.8) is 0 Å². The molecule has 2 heteroatoms. The summed E-state index contributed by atoms with van der Waals surface area (Å²) in [5.74, 6) is 0.221. The third kappa shape index (κ3) is 0.625. The highest BCUT2D eigenvalue weighted by molar-refractivity contribution is 5.55. The molecule has 2 N–H and O–H groups in total. The zero-order chi connectivity index (χ0) is 7.14. The quantitative estimate of drug-likeness (QED) is 0.608. The minimum Gasteiger partial charge on any atom is -0.508 e. The zero-order valence-electron chi connectivity index (χ0n) is 5.46. The average Bonchev–Trinajstić information content (AvgIpc) is 2.66.